The van der Waals surface area contributed by atoms with E-state index in [4.69, 9.17) is 0 Å². The molecule has 0 saturated heterocycles. The molecular formula is C15H27N3. The van der Waals surface area contributed by atoms with E-state index in [0.717, 1.165) is 31.2 Å². The summed E-state index contributed by atoms with van der Waals surface area (Å²) in [4.78, 5) is 6.76. The van der Waals surface area contributed by atoms with E-state index in [1.807, 2.05) is 6.20 Å². The number of nitrogens with one attached hydrogen (secondary N) is 1. The Morgan fingerprint density at radius 3 is 2.72 bits per heavy atom. The Balaban J connectivity index is 2.86. The van der Waals surface area contributed by atoms with Crippen LogP contribution in [0.5, 0.6) is 0 Å². The van der Waals surface area contributed by atoms with Crippen molar-refractivity contribution in [2.75, 3.05) is 25.0 Å². The van der Waals surface area contributed by atoms with Crippen molar-refractivity contribution in [3.63, 3.8) is 0 Å². The van der Waals surface area contributed by atoms with Gasteiger partial charge in [0.25, 0.3) is 0 Å². The number of rotatable bonds is 7. The first kappa shape index (κ1) is 15.0. The van der Waals surface area contributed by atoms with Gasteiger partial charge >= 0.3 is 0 Å². The lowest BCUT2D eigenvalue weighted by Gasteiger charge is -2.25. The van der Waals surface area contributed by atoms with Gasteiger partial charge in [0.15, 0.2) is 0 Å². The second-order valence-corrected chi connectivity index (χ2v) is 5.13. The van der Waals surface area contributed by atoms with Gasteiger partial charge in [0.05, 0.1) is 0 Å². The first-order chi connectivity index (χ1) is 8.58. The van der Waals surface area contributed by atoms with Crippen LogP contribution in [0.3, 0.4) is 0 Å². The number of hydrogen-bond acceptors (Lipinski definition) is 3. The summed E-state index contributed by atoms with van der Waals surface area (Å²) in [5.74, 6) is 0.718. The van der Waals surface area contributed by atoms with Gasteiger partial charge in [-0.2, -0.15) is 0 Å². The Labute approximate surface area is 112 Å². The lowest BCUT2D eigenvalue weighted by molar-refractivity contribution is 0.558. The molecule has 0 aromatic carbocycles. The first-order valence-electron chi connectivity index (χ1n) is 6.95. The topological polar surface area (TPSA) is 28.2 Å². The van der Waals surface area contributed by atoms with Gasteiger partial charge in [-0.05, 0) is 25.5 Å². The zero-order valence-corrected chi connectivity index (χ0v) is 12.5. The molecule has 3 heteroatoms. The van der Waals surface area contributed by atoms with E-state index in [2.05, 4.69) is 56.0 Å². The molecule has 3 nitrogen and oxygen atoms in total. The van der Waals surface area contributed by atoms with Crippen LogP contribution < -0.4 is 10.2 Å². The first-order valence-corrected chi connectivity index (χ1v) is 6.95. The van der Waals surface area contributed by atoms with Crippen molar-refractivity contribution in [3.8, 4) is 0 Å². The van der Waals surface area contributed by atoms with Gasteiger partial charge in [-0.25, -0.2) is 0 Å². The minimum Gasteiger partial charge on any atom is -0.374 e. The van der Waals surface area contributed by atoms with Crippen LogP contribution in [-0.2, 0) is 6.54 Å². The number of anilines is 1. The van der Waals surface area contributed by atoms with Gasteiger partial charge < -0.3 is 10.2 Å². The Hall–Kier alpha value is -1.09. The maximum absolute atomic E-state index is 4.41. The van der Waals surface area contributed by atoms with E-state index in [9.17, 15) is 0 Å². The van der Waals surface area contributed by atoms with Gasteiger partial charge in [-0.15, -0.1) is 0 Å². The van der Waals surface area contributed by atoms with Gasteiger partial charge in [0.2, 0.25) is 0 Å². The van der Waals surface area contributed by atoms with E-state index >= 15 is 0 Å². The molecule has 1 aromatic heterocycles. The van der Waals surface area contributed by atoms with Crippen molar-refractivity contribution >= 4 is 5.69 Å². The molecule has 0 aliphatic carbocycles. The molecule has 18 heavy (non-hydrogen) atoms. The number of pyridine rings is 1. The van der Waals surface area contributed by atoms with Crippen LogP contribution >= 0.6 is 0 Å². The van der Waals surface area contributed by atoms with Crippen LogP contribution in [0.4, 0.5) is 5.69 Å². The normalized spacial score (nSPS) is 12.5. The van der Waals surface area contributed by atoms with E-state index in [-0.39, 0.29) is 0 Å². The third-order valence-corrected chi connectivity index (χ3v) is 3.36. The van der Waals surface area contributed by atoms with E-state index in [1.54, 1.807) is 0 Å². The molecule has 0 bridgehead atoms. The average Bonchev–Trinajstić information content (AvgIpc) is 2.36. The van der Waals surface area contributed by atoms with Crippen LogP contribution in [0.1, 0.15) is 38.4 Å². The highest BCUT2D eigenvalue weighted by molar-refractivity contribution is 5.53. The molecule has 0 aliphatic heterocycles. The number of nitrogens with zero attached hydrogens (tertiary/aromatic N) is 2. The monoisotopic (exact) mass is 249 g/mol. The minimum atomic E-state index is 0.718. The lowest BCUT2D eigenvalue weighted by Crippen LogP contribution is -2.26. The van der Waals surface area contributed by atoms with E-state index < -0.39 is 0 Å². The van der Waals surface area contributed by atoms with Crippen molar-refractivity contribution in [3.05, 3.63) is 23.5 Å². The average molecular weight is 249 g/mol. The fourth-order valence-corrected chi connectivity index (χ4v) is 2.02. The fourth-order valence-electron chi connectivity index (χ4n) is 2.02. The summed E-state index contributed by atoms with van der Waals surface area (Å²) >= 11 is 0. The summed E-state index contributed by atoms with van der Waals surface area (Å²) in [6.45, 7) is 11.7. The highest BCUT2D eigenvalue weighted by Gasteiger charge is 2.10. The fraction of sp³-hybridized carbons (Fsp3) is 0.667. The molecule has 1 unspecified atom stereocenters. The summed E-state index contributed by atoms with van der Waals surface area (Å²) in [5.41, 5.74) is 3.68. The Morgan fingerprint density at radius 1 is 1.39 bits per heavy atom. The molecule has 0 aliphatic rings. The predicted octanol–water partition coefficient (Wildman–Crippen LogP) is 2.98. The number of aryl methyl sites for hydroxylation is 1. The summed E-state index contributed by atoms with van der Waals surface area (Å²) in [6.07, 6.45) is 3.22. The molecule has 1 aromatic rings. The summed E-state index contributed by atoms with van der Waals surface area (Å²) in [5, 5.41) is 3.38. The third-order valence-electron chi connectivity index (χ3n) is 3.36. The van der Waals surface area contributed by atoms with Crippen molar-refractivity contribution in [1.29, 1.82) is 0 Å². The van der Waals surface area contributed by atoms with Gasteiger partial charge in [0.1, 0.15) is 0 Å². The largest absolute Gasteiger partial charge is 0.374 e. The van der Waals surface area contributed by atoms with Crippen LogP contribution in [0, 0.1) is 12.8 Å². The molecule has 0 spiro atoms. The summed E-state index contributed by atoms with van der Waals surface area (Å²) in [6, 6.07) is 2.19. The highest BCUT2D eigenvalue weighted by atomic mass is 15.1. The van der Waals surface area contributed by atoms with Gasteiger partial charge in [-0.1, -0.05) is 27.2 Å². The van der Waals surface area contributed by atoms with Crippen molar-refractivity contribution in [1.82, 2.24) is 10.3 Å². The van der Waals surface area contributed by atoms with E-state index in [0.29, 0.717) is 0 Å². The highest BCUT2D eigenvalue weighted by Crippen LogP contribution is 2.21. The lowest BCUT2D eigenvalue weighted by atomic mass is 10.1. The van der Waals surface area contributed by atoms with Gasteiger partial charge in [-0.3, -0.25) is 4.98 Å². The second-order valence-electron chi connectivity index (χ2n) is 5.13. The molecule has 0 fully saturated rings. The van der Waals surface area contributed by atoms with Crippen molar-refractivity contribution in [2.45, 2.75) is 40.7 Å². The van der Waals surface area contributed by atoms with Crippen molar-refractivity contribution < 1.29 is 0 Å². The second kappa shape index (κ2) is 7.37. The maximum Gasteiger partial charge on any atom is 0.0443 e. The van der Waals surface area contributed by atoms with Crippen LogP contribution in [0.2, 0.25) is 0 Å². The van der Waals surface area contributed by atoms with Crippen LogP contribution in [0.15, 0.2) is 12.3 Å². The zero-order valence-electron chi connectivity index (χ0n) is 12.5. The smallest absolute Gasteiger partial charge is 0.0443 e. The predicted molar refractivity (Wildman–Crippen MR) is 79.1 cm³/mol. The van der Waals surface area contributed by atoms with Gasteiger partial charge in [0, 0.05) is 43.3 Å². The number of aromatic nitrogens is 1. The van der Waals surface area contributed by atoms with Crippen LogP contribution in [-0.4, -0.2) is 25.1 Å². The van der Waals surface area contributed by atoms with Crippen molar-refractivity contribution in [2.24, 2.45) is 5.92 Å². The minimum absolute atomic E-state index is 0.718. The molecule has 0 amide bonds. The molecular weight excluding hydrogens is 222 g/mol. The maximum atomic E-state index is 4.41. The molecule has 1 N–H and O–H groups in total. The molecule has 102 valence electrons. The molecule has 1 atom stereocenters. The quantitative estimate of drug-likeness (QED) is 0.805. The standard InChI is InChI=1S/C15H27N3/c1-6-12(3)11-18(5)15-8-13(4)17-10-14(15)9-16-7-2/h8,10,12,16H,6-7,9,11H2,1-5H3. The molecule has 0 saturated carbocycles. The molecule has 0 radical (unpaired) electrons. The Morgan fingerprint density at radius 2 is 2.11 bits per heavy atom. The number of hydrogen-bond donors (Lipinski definition) is 1. The summed E-state index contributed by atoms with van der Waals surface area (Å²) < 4.78 is 0. The summed E-state index contributed by atoms with van der Waals surface area (Å²) in [7, 11) is 2.18. The molecule has 1 rings (SSSR count). The van der Waals surface area contributed by atoms with Crippen LogP contribution in [0.25, 0.3) is 0 Å². The SMILES string of the molecule is CCNCc1cnc(C)cc1N(C)CC(C)CC. The zero-order chi connectivity index (χ0) is 13.5. The van der Waals surface area contributed by atoms with E-state index in [1.165, 1.54) is 17.7 Å². The Bertz CT molecular complexity index is 363. The molecule has 1 heterocycles. The third kappa shape index (κ3) is 4.30. The Kier molecular flexibility index (Phi) is 6.13.